The molecule has 0 spiro atoms. The molecule has 96 valence electrons. The maximum absolute atomic E-state index is 12.0. The van der Waals surface area contributed by atoms with Crippen molar-refractivity contribution in [2.45, 2.75) is 11.6 Å². The molecule has 0 amide bonds. The Bertz CT molecular complexity index is 611. The summed E-state index contributed by atoms with van der Waals surface area (Å²) in [5, 5.41) is 3.30. The second-order valence-electron chi connectivity index (χ2n) is 3.30. The summed E-state index contributed by atoms with van der Waals surface area (Å²) in [6.45, 7) is -0.0110. The maximum atomic E-state index is 12.0. The molecule has 0 bridgehead atoms. The van der Waals surface area contributed by atoms with E-state index < -0.39 is 10.0 Å². The molecule has 2 heterocycles. The second kappa shape index (κ2) is 5.12. The van der Waals surface area contributed by atoms with Crippen LogP contribution < -0.4 is 16.0 Å². The summed E-state index contributed by atoms with van der Waals surface area (Å²) < 4.78 is 31.1. The highest BCUT2D eigenvalue weighted by molar-refractivity contribution is 7.89. The number of sulfonamides is 1. The number of rotatable bonds is 5. The normalized spacial score (nSPS) is 11.4. The number of nitrogens with zero attached hydrogens (tertiary/aromatic N) is 2. The van der Waals surface area contributed by atoms with E-state index in [9.17, 15) is 8.42 Å². The van der Waals surface area contributed by atoms with E-state index in [1.54, 1.807) is 12.1 Å². The van der Waals surface area contributed by atoms with Crippen molar-refractivity contribution in [2.24, 2.45) is 5.84 Å². The Morgan fingerprint density at radius 3 is 2.83 bits per heavy atom. The molecular formula is C9H11N5O3S. The van der Waals surface area contributed by atoms with Crippen LogP contribution in [0.1, 0.15) is 5.76 Å². The predicted octanol–water partition coefficient (Wildman–Crippen LogP) is -0.166. The molecule has 0 unspecified atom stereocenters. The summed E-state index contributed by atoms with van der Waals surface area (Å²) in [5.41, 5.74) is 2.49. The van der Waals surface area contributed by atoms with Crippen LogP contribution in [0.2, 0.25) is 0 Å². The monoisotopic (exact) mass is 269 g/mol. The molecule has 0 saturated carbocycles. The Morgan fingerprint density at radius 2 is 2.17 bits per heavy atom. The molecule has 9 heteroatoms. The quantitative estimate of drug-likeness (QED) is 0.508. The van der Waals surface area contributed by atoms with Gasteiger partial charge in [0.15, 0.2) is 10.8 Å². The molecule has 0 aliphatic rings. The fourth-order valence-electron chi connectivity index (χ4n) is 1.28. The molecule has 0 aromatic carbocycles. The van der Waals surface area contributed by atoms with Gasteiger partial charge in [0.1, 0.15) is 0 Å². The lowest BCUT2D eigenvalue weighted by Crippen LogP contribution is -2.25. The van der Waals surface area contributed by atoms with Crippen LogP contribution in [-0.2, 0) is 16.6 Å². The van der Waals surface area contributed by atoms with Gasteiger partial charge < -0.3 is 9.95 Å². The minimum Gasteiger partial charge on any atom is -0.360 e. The number of nitrogens with two attached hydrogens (primary N) is 1. The summed E-state index contributed by atoms with van der Waals surface area (Å²) in [6, 6.07) is 4.64. The van der Waals surface area contributed by atoms with Crippen molar-refractivity contribution in [1.29, 1.82) is 0 Å². The smallest absolute Gasteiger partial charge is 0.260 e. The van der Waals surface area contributed by atoms with Crippen molar-refractivity contribution in [2.75, 3.05) is 5.43 Å². The Morgan fingerprint density at radius 1 is 1.33 bits per heavy atom. The van der Waals surface area contributed by atoms with E-state index >= 15 is 0 Å². The third kappa shape index (κ3) is 2.64. The minimum atomic E-state index is -3.77. The first-order chi connectivity index (χ1) is 8.63. The van der Waals surface area contributed by atoms with Crippen molar-refractivity contribution >= 4 is 15.7 Å². The van der Waals surface area contributed by atoms with Gasteiger partial charge in [-0.05, 0) is 12.1 Å². The Labute approximate surface area is 103 Å². The number of nitrogen functional groups attached to an aromatic ring is 1. The number of pyridine rings is 1. The van der Waals surface area contributed by atoms with E-state index in [-0.39, 0.29) is 17.3 Å². The maximum Gasteiger partial charge on any atom is 0.260 e. The SMILES string of the molecule is NNc1cccnc1S(=O)(=O)NCc1ccno1. The van der Waals surface area contributed by atoms with Crippen molar-refractivity contribution in [3.05, 3.63) is 36.4 Å². The van der Waals surface area contributed by atoms with Crippen LogP contribution in [0.25, 0.3) is 0 Å². The van der Waals surface area contributed by atoms with Gasteiger partial charge in [-0.1, -0.05) is 5.16 Å². The van der Waals surface area contributed by atoms with E-state index in [2.05, 4.69) is 20.3 Å². The van der Waals surface area contributed by atoms with Gasteiger partial charge in [0.25, 0.3) is 10.0 Å². The third-order valence-electron chi connectivity index (χ3n) is 2.11. The lowest BCUT2D eigenvalue weighted by molar-refractivity contribution is 0.380. The average molecular weight is 269 g/mol. The fourth-order valence-corrected chi connectivity index (χ4v) is 2.37. The molecule has 0 aliphatic heterocycles. The number of hydrazine groups is 1. The lowest BCUT2D eigenvalue weighted by atomic mass is 10.4. The number of anilines is 1. The first-order valence-electron chi connectivity index (χ1n) is 4.94. The Hall–Kier alpha value is -1.97. The van der Waals surface area contributed by atoms with Crippen LogP contribution in [-0.4, -0.2) is 18.6 Å². The van der Waals surface area contributed by atoms with Gasteiger partial charge in [0, 0.05) is 12.3 Å². The molecule has 18 heavy (non-hydrogen) atoms. The van der Waals surface area contributed by atoms with E-state index in [0.717, 1.165) is 0 Å². The molecule has 2 aromatic heterocycles. The van der Waals surface area contributed by atoms with Gasteiger partial charge in [-0.3, -0.25) is 5.84 Å². The van der Waals surface area contributed by atoms with Gasteiger partial charge in [-0.2, -0.15) is 0 Å². The third-order valence-corrected chi connectivity index (χ3v) is 3.47. The minimum absolute atomic E-state index is 0.0110. The summed E-state index contributed by atoms with van der Waals surface area (Å²) in [4.78, 5) is 3.78. The van der Waals surface area contributed by atoms with Crippen LogP contribution in [0.3, 0.4) is 0 Å². The Balaban J connectivity index is 2.20. The summed E-state index contributed by atoms with van der Waals surface area (Å²) in [7, 11) is -3.77. The number of hydrogen-bond donors (Lipinski definition) is 3. The van der Waals surface area contributed by atoms with E-state index in [1.807, 2.05) is 0 Å². The number of hydrogen-bond acceptors (Lipinski definition) is 7. The van der Waals surface area contributed by atoms with Gasteiger partial charge in [-0.25, -0.2) is 18.1 Å². The molecule has 0 atom stereocenters. The standard InChI is InChI=1S/C9H11N5O3S/c10-14-8-2-1-4-11-9(8)18(15,16)13-6-7-3-5-12-17-7/h1-5,13-14H,6,10H2. The molecule has 8 nitrogen and oxygen atoms in total. The van der Waals surface area contributed by atoms with Crippen LogP contribution in [0.5, 0.6) is 0 Å². The topological polar surface area (TPSA) is 123 Å². The number of aromatic nitrogens is 2. The molecule has 0 fully saturated rings. The van der Waals surface area contributed by atoms with Crippen LogP contribution in [0.15, 0.2) is 40.1 Å². The second-order valence-corrected chi connectivity index (χ2v) is 4.99. The van der Waals surface area contributed by atoms with E-state index in [4.69, 9.17) is 10.4 Å². The summed E-state index contributed by atoms with van der Waals surface area (Å²) >= 11 is 0. The first-order valence-corrected chi connectivity index (χ1v) is 6.42. The average Bonchev–Trinajstić information content (AvgIpc) is 2.89. The summed E-state index contributed by atoms with van der Waals surface area (Å²) in [5.74, 6) is 5.63. The first kappa shape index (κ1) is 12.5. The van der Waals surface area contributed by atoms with Gasteiger partial charge in [0.2, 0.25) is 0 Å². The summed E-state index contributed by atoms with van der Waals surface area (Å²) in [6.07, 6.45) is 2.79. The van der Waals surface area contributed by atoms with Crippen molar-refractivity contribution in [3.8, 4) is 0 Å². The molecule has 0 saturated heterocycles. The zero-order chi connectivity index (χ0) is 13.0. The zero-order valence-electron chi connectivity index (χ0n) is 9.20. The fraction of sp³-hybridized carbons (Fsp3) is 0.111. The molecular weight excluding hydrogens is 258 g/mol. The molecule has 2 aromatic rings. The lowest BCUT2D eigenvalue weighted by Gasteiger charge is -2.08. The van der Waals surface area contributed by atoms with Crippen molar-refractivity contribution in [1.82, 2.24) is 14.9 Å². The van der Waals surface area contributed by atoms with Crippen LogP contribution >= 0.6 is 0 Å². The Kier molecular flexibility index (Phi) is 3.55. The van der Waals surface area contributed by atoms with Crippen LogP contribution in [0, 0.1) is 0 Å². The highest BCUT2D eigenvalue weighted by Crippen LogP contribution is 2.16. The highest BCUT2D eigenvalue weighted by Gasteiger charge is 2.19. The van der Waals surface area contributed by atoms with E-state index in [0.29, 0.717) is 5.76 Å². The van der Waals surface area contributed by atoms with Gasteiger partial charge >= 0.3 is 0 Å². The molecule has 2 rings (SSSR count). The van der Waals surface area contributed by atoms with Crippen molar-refractivity contribution < 1.29 is 12.9 Å². The molecule has 0 radical (unpaired) electrons. The predicted molar refractivity (Wildman–Crippen MR) is 62.6 cm³/mol. The highest BCUT2D eigenvalue weighted by atomic mass is 32.2. The largest absolute Gasteiger partial charge is 0.360 e. The number of nitrogens with one attached hydrogen (secondary N) is 2. The van der Waals surface area contributed by atoms with Gasteiger partial charge in [-0.15, -0.1) is 0 Å². The zero-order valence-corrected chi connectivity index (χ0v) is 10.0. The van der Waals surface area contributed by atoms with Gasteiger partial charge in [0.05, 0.1) is 18.4 Å². The molecule has 0 aliphatic carbocycles. The molecule has 4 N–H and O–H groups in total. The van der Waals surface area contributed by atoms with Crippen molar-refractivity contribution in [3.63, 3.8) is 0 Å². The van der Waals surface area contributed by atoms with Crippen LogP contribution in [0.4, 0.5) is 5.69 Å². The van der Waals surface area contributed by atoms with E-state index in [1.165, 1.54) is 18.5 Å².